The first kappa shape index (κ1) is 27.2. The van der Waals surface area contributed by atoms with Crippen molar-refractivity contribution in [2.45, 2.75) is 48.6 Å². The quantitative estimate of drug-likeness (QED) is 0.249. The Kier molecular flexibility index (Phi) is 9.13. The van der Waals surface area contributed by atoms with Crippen molar-refractivity contribution < 1.29 is 27.4 Å². The summed E-state index contributed by atoms with van der Waals surface area (Å²) in [7, 11) is -4.01. The molecule has 0 aliphatic carbocycles. The van der Waals surface area contributed by atoms with Crippen molar-refractivity contribution in [3.05, 3.63) is 132 Å². The van der Waals surface area contributed by atoms with Crippen molar-refractivity contribution in [3.63, 3.8) is 0 Å². The SMILES string of the molecule is O=S(=O)(c1ccccn1)C1O[C@H](COCc2ccccc2)[C@@H](OCc2ccccc2)[C@@H]1OCc1ccccc1. The van der Waals surface area contributed by atoms with E-state index in [1.807, 2.05) is 91.0 Å². The zero-order chi connectivity index (χ0) is 26.9. The van der Waals surface area contributed by atoms with Gasteiger partial charge in [-0.25, -0.2) is 13.4 Å². The first-order valence-electron chi connectivity index (χ1n) is 12.8. The molecule has 1 aromatic heterocycles. The third-order valence-electron chi connectivity index (χ3n) is 6.47. The van der Waals surface area contributed by atoms with E-state index in [1.54, 1.807) is 12.1 Å². The normalized spacial score (nSPS) is 21.1. The Morgan fingerprint density at radius 3 is 1.69 bits per heavy atom. The number of hydrogen-bond acceptors (Lipinski definition) is 7. The van der Waals surface area contributed by atoms with E-state index in [1.165, 1.54) is 12.3 Å². The molecule has 2 heterocycles. The summed E-state index contributed by atoms with van der Waals surface area (Å²) >= 11 is 0. The molecule has 5 rings (SSSR count). The highest BCUT2D eigenvalue weighted by atomic mass is 32.2. The van der Waals surface area contributed by atoms with Gasteiger partial charge < -0.3 is 18.9 Å². The van der Waals surface area contributed by atoms with Gasteiger partial charge in [0.1, 0.15) is 18.3 Å². The molecule has 39 heavy (non-hydrogen) atoms. The van der Waals surface area contributed by atoms with Crippen LogP contribution in [0.25, 0.3) is 0 Å². The summed E-state index contributed by atoms with van der Waals surface area (Å²) < 4.78 is 52.4. The number of aromatic nitrogens is 1. The van der Waals surface area contributed by atoms with Crippen LogP contribution in [0.2, 0.25) is 0 Å². The van der Waals surface area contributed by atoms with Crippen molar-refractivity contribution in [3.8, 4) is 0 Å². The highest BCUT2D eigenvalue weighted by molar-refractivity contribution is 7.91. The van der Waals surface area contributed by atoms with Gasteiger partial charge in [0.2, 0.25) is 9.84 Å². The van der Waals surface area contributed by atoms with Crippen molar-refractivity contribution in [1.82, 2.24) is 4.98 Å². The first-order chi connectivity index (χ1) is 19.1. The van der Waals surface area contributed by atoms with E-state index in [2.05, 4.69) is 4.98 Å². The molecule has 3 aromatic carbocycles. The van der Waals surface area contributed by atoms with Crippen molar-refractivity contribution in [2.24, 2.45) is 0 Å². The second-order valence-corrected chi connectivity index (χ2v) is 11.3. The lowest BCUT2D eigenvalue weighted by atomic mass is 10.1. The molecular weight excluding hydrogens is 514 g/mol. The summed E-state index contributed by atoms with van der Waals surface area (Å²) in [5.41, 5.74) is 1.56. The zero-order valence-corrected chi connectivity index (χ0v) is 22.2. The van der Waals surface area contributed by atoms with Crippen LogP contribution in [0.1, 0.15) is 16.7 Å². The van der Waals surface area contributed by atoms with Gasteiger partial charge in [-0.2, -0.15) is 0 Å². The van der Waals surface area contributed by atoms with Gasteiger partial charge in [-0.3, -0.25) is 0 Å². The van der Waals surface area contributed by atoms with Gasteiger partial charge in [-0.05, 0) is 28.8 Å². The maximum atomic E-state index is 13.8. The van der Waals surface area contributed by atoms with Crippen LogP contribution in [0.5, 0.6) is 0 Å². The summed E-state index contributed by atoms with van der Waals surface area (Å²) in [6.07, 6.45) is -0.841. The summed E-state index contributed by atoms with van der Waals surface area (Å²) in [5, 5.41) is -0.0732. The predicted molar refractivity (Wildman–Crippen MR) is 146 cm³/mol. The van der Waals surface area contributed by atoms with Crippen LogP contribution >= 0.6 is 0 Å². The number of benzene rings is 3. The van der Waals surface area contributed by atoms with E-state index in [-0.39, 0.29) is 24.8 Å². The largest absolute Gasteiger partial charge is 0.374 e. The molecule has 1 fully saturated rings. The van der Waals surface area contributed by atoms with E-state index in [4.69, 9.17) is 18.9 Å². The van der Waals surface area contributed by atoms with Crippen molar-refractivity contribution in [2.75, 3.05) is 6.61 Å². The molecular formula is C31H31NO6S. The molecule has 1 aliphatic heterocycles. The molecule has 4 aromatic rings. The number of rotatable bonds is 12. The molecule has 0 N–H and O–H groups in total. The Morgan fingerprint density at radius 2 is 1.15 bits per heavy atom. The minimum Gasteiger partial charge on any atom is -0.374 e. The Morgan fingerprint density at radius 1 is 0.641 bits per heavy atom. The number of hydrogen-bond donors (Lipinski definition) is 0. The van der Waals surface area contributed by atoms with Gasteiger partial charge in [0.25, 0.3) is 0 Å². The second kappa shape index (κ2) is 13.1. The van der Waals surface area contributed by atoms with Crippen LogP contribution in [0.3, 0.4) is 0 Å². The fourth-order valence-electron chi connectivity index (χ4n) is 4.49. The van der Waals surface area contributed by atoms with Gasteiger partial charge in [0.05, 0.1) is 26.4 Å². The Labute approximate surface area is 229 Å². The van der Waals surface area contributed by atoms with Crippen LogP contribution in [0.4, 0.5) is 0 Å². The second-order valence-electron chi connectivity index (χ2n) is 9.28. The topological polar surface area (TPSA) is 84.0 Å². The standard InChI is InChI=1S/C31H31NO6S/c33-39(34,28-18-10-11-19-32-28)31-30(37-22-26-16-8-3-9-17-26)29(36-21-25-14-6-2-7-15-25)27(38-31)23-35-20-24-12-4-1-5-13-24/h1-19,27,29-31H,20-23H2/t27-,29-,30+,31?/m1/s1. The molecule has 1 aliphatic rings. The Balaban J connectivity index is 1.41. The molecule has 8 heteroatoms. The molecule has 4 atom stereocenters. The van der Waals surface area contributed by atoms with Crippen LogP contribution in [0, 0.1) is 0 Å². The molecule has 202 valence electrons. The van der Waals surface area contributed by atoms with Gasteiger partial charge in [-0.1, -0.05) is 97.1 Å². The van der Waals surface area contributed by atoms with E-state index in [0.717, 1.165) is 16.7 Å². The van der Waals surface area contributed by atoms with Gasteiger partial charge in [0, 0.05) is 6.20 Å². The average Bonchev–Trinajstić information content (AvgIpc) is 3.35. The third-order valence-corrected chi connectivity index (χ3v) is 8.28. The average molecular weight is 546 g/mol. The Bertz CT molecular complexity index is 1390. The fraction of sp³-hybridized carbons (Fsp3) is 0.258. The van der Waals surface area contributed by atoms with E-state index in [9.17, 15) is 8.42 Å². The highest BCUT2D eigenvalue weighted by Gasteiger charge is 2.53. The number of nitrogens with zero attached hydrogens (tertiary/aromatic N) is 1. The lowest BCUT2D eigenvalue weighted by molar-refractivity contribution is -0.0896. The molecule has 7 nitrogen and oxygen atoms in total. The fourth-order valence-corrected chi connectivity index (χ4v) is 6.08. The van der Waals surface area contributed by atoms with E-state index in [0.29, 0.717) is 6.61 Å². The maximum absolute atomic E-state index is 13.8. The van der Waals surface area contributed by atoms with Gasteiger partial charge in [-0.15, -0.1) is 0 Å². The minimum absolute atomic E-state index is 0.0732. The molecule has 0 spiro atoms. The van der Waals surface area contributed by atoms with Crippen molar-refractivity contribution in [1.29, 1.82) is 0 Å². The summed E-state index contributed by atoms with van der Waals surface area (Å²) in [5.74, 6) is 0. The molecule has 0 saturated carbocycles. The summed E-state index contributed by atoms with van der Waals surface area (Å²) in [6.45, 7) is 0.963. The molecule has 0 amide bonds. The zero-order valence-electron chi connectivity index (χ0n) is 21.4. The summed E-state index contributed by atoms with van der Waals surface area (Å²) in [6, 6.07) is 33.9. The molecule has 1 unspecified atom stereocenters. The van der Waals surface area contributed by atoms with E-state index < -0.39 is 33.6 Å². The Hall–Kier alpha value is -3.40. The molecule has 0 bridgehead atoms. The smallest absolute Gasteiger partial charge is 0.225 e. The first-order valence-corrected chi connectivity index (χ1v) is 14.4. The lowest BCUT2D eigenvalue weighted by Gasteiger charge is -2.25. The van der Waals surface area contributed by atoms with E-state index >= 15 is 0 Å². The van der Waals surface area contributed by atoms with Crippen LogP contribution < -0.4 is 0 Å². The van der Waals surface area contributed by atoms with Gasteiger partial charge >= 0.3 is 0 Å². The minimum atomic E-state index is -4.01. The number of pyridine rings is 1. The van der Waals surface area contributed by atoms with Crippen LogP contribution in [0.15, 0.2) is 120 Å². The van der Waals surface area contributed by atoms with Crippen molar-refractivity contribution >= 4 is 9.84 Å². The summed E-state index contributed by atoms with van der Waals surface area (Å²) in [4.78, 5) is 4.10. The number of sulfone groups is 1. The van der Waals surface area contributed by atoms with Crippen LogP contribution in [-0.2, 0) is 48.6 Å². The monoisotopic (exact) mass is 545 g/mol. The number of ether oxygens (including phenoxy) is 4. The predicted octanol–water partition coefficient (Wildman–Crippen LogP) is 4.97. The highest BCUT2D eigenvalue weighted by Crippen LogP contribution is 2.34. The van der Waals surface area contributed by atoms with Crippen LogP contribution in [-0.4, -0.2) is 43.8 Å². The third kappa shape index (κ3) is 6.98. The lowest BCUT2D eigenvalue weighted by Crippen LogP contribution is -2.41. The maximum Gasteiger partial charge on any atom is 0.225 e. The molecule has 1 saturated heterocycles. The van der Waals surface area contributed by atoms with Gasteiger partial charge in [0.15, 0.2) is 10.5 Å². The molecule has 0 radical (unpaired) electrons.